The van der Waals surface area contributed by atoms with Crippen LogP contribution < -0.4 is 0 Å². The quantitative estimate of drug-likeness (QED) is 0.559. The Balaban J connectivity index is 2.59. The number of nitriles is 2. The van der Waals surface area contributed by atoms with Crippen LogP contribution in [0.25, 0.3) is 0 Å². The smallest absolute Gasteiger partial charge is 0.135 e. The summed E-state index contributed by atoms with van der Waals surface area (Å²) in [6, 6.07) is 4.02. The van der Waals surface area contributed by atoms with Gasteiger partial charge in [0.1, 0.15) is 5.92 Å². The minimum atomic E-state index is -1.47. The fraction of sp³-hybridized carbons (Fsp3) is 0.833. The van der Waals surface area contributed by atoms with Crippen LogP contribution in [0.15, 0.2) is 0 Å². The standard InChI is InChI=1S/C12H20N2OSi/c1-12(2,3)16(4,5)11-10(15-11)6-9(7-13)8-14/h9-11H,6H2,1-5H3/t10-,11-/m0/s1. The Morgan fingerprint density at radius 2 is 1.75 bits per heavy atom. The molecule has 0 radical (unpaired) electrons. The van der Waals surface area contributed by atoms with Crippen molar-refractivity contribution in [3.63, 3.8) is 0 Å². The largest absolute Gasteiger partial charge is 0.373 e. The molecule has 88 valence electrons. The zero-order chi connectivity index (χ0) is 12.6. The first-order chi connectivity index (χ1) is 7.24. The first-order valence-electron chi connectivity index (χ1n) is 5.68. The van der Waals surface area contributed by atoms with Crippen LogP contribution in [-0.2, 0) is 4.74 Å². The molecule has 3 nitrogen and oxygen atoms in total. The highest BCUT2D eigenvalue weighted by atomic mass is 28.3. The van der Waals surface area contributed by atoms with Crippen LogP contribution >= 0.6 is 0 Å². The summed E-state index contributed by atoms with van der Waals surface area (Å²) in [6.45, 7) is 11.4. The van der Waals surface area contributed by atoms with Gasteiger partial charge in [-0.25, -0.2) is 0 Å². The Labute approximate surface area is 99.0 Å². The molecule has 2 atom stereocenters. The van der Waals surface area contributed by atoms with E-state index in [0.717, 1.165) is 0 Å². The number of ether oxygens (including phenoxy) is 1. The first kappa shape index (κ1) is 13.2. The second kappa shape index (κ2) is 4.20. The van der Waals surface area contributed by atoms with E-state index in [2.05, 4.69) is 33.9 Å². The van der Waals surface area contributed by atoms with Gasteiger partial charge < -0.3 is 4.74 Å². The highest BCUT2D eigenvalue weighted by molar-refractivity contribution is 6.82. The summed E-state index contributed by atoms with van der Waals surface area (Å²) in [6.07, 6.45) is 0.717. The molecule has 0 unspecified atom stereocenters. The van der Waals surface area contributed by atoms with Gasteiger partial charge in [0.25, 0.3) is 0 Å². The lowest BCUT2D eigenvalue weighted by atomic mass is 10.1. The van der Waals surface area contributed by atoms with Crippen molar-refractivity contribution in [2.45, 2.75) is 57.2 Å². The van der Waals surface area contributed by atoms with Crippen LogP contribution in [0.4, 0.5) is 0 Å². The van der Waals surface area contributed by atoms with Gasteiger partial charge in [-0.2, -0.15) is 10.5 Å². The minimum absolute atomic E-state index is 0.144. The van der Waals surface area contributed by atoms with Gasteiger partial charge in [0.15, 0.2) is 0 Å². The Morgan fingerprint density at radius 3 is 2.12 bits per heavy atom. The summed E-state index contributed by atoms with van der Waals surface area (Å²) < 4.78 is 5.70. The molecule has 0 amide bonds. The van der Waals surface area contributed by atoms with Crippen molar-refractivity contribution in [1.82, 2.24) is 0 Å². The molecular formula is C12H20N2OSi. The van der Waals surface area contributed by atoms with Crippen LogP contribution in [0.1, 0.15) is 27.2 Å². The molecule has 0 spiro atoms. The van der Waals surface area contributed by atoms with Crippen LogP contribution in [0, 0.1) is 28.6 Å². The molecule has 1 fully saturated rings. The lowest BCUT2D eigenvalue weighted by Gasteiger charge is -2.35. The summed E-state index contributed by atoms with van der Waals surface area (Å²) >= 11 is 0. The normalized spacial score (nSPS) is 25.0. The van der Waals surface area contributed by atoms with E-state index in [1.165, 1.54) is 0 Å². The lowest BCUT2D eigenvalue weighted by Crippen LogP contribution is -2.44. The number of epoxide rings is 1. The molecular weight excluding hydrogens is 216 g/mol. The van der Waals surface area contributed by atoms with Crippen LogP contribution in [0.3, 0.4) is 0 Å². The van der Waals surface area contributed by atoms with Gasteiger partial charge in [0.05, 0.1) is 32.0 Å². The van der Waals surface area contributed by atoms with Crippen LogP contribution in [0.5, 0.6) is 0 Å². The summed E-state index contributed by atoms with van der Waals surface area (Å²) in [5.74, 6) is -0.514. The molecule has 1 aliphatic heterocycles. The van der Waals surface area contributed by atoms with E-state index in [1.54, 1.807) is 0 Å². The number of hydrogen-bond donors (Lipinski definition) is 0. The first-order valence-corrected chi connectivity index (χ1v) is 8.76. The number of rotatable bonds is 3. The zero-order valence-electron chi connectivity index (χ0n) is 10.7. The predicted molar refractivity (Wildman–Crippen MR) is 65.2 cm³/mol. The van der Waals surface area contributed by atoms with E-state index in [1.807, 2.05) is 12.1 Å². The fourth-order valence-corrected chi connectivity index (χ4v) is 4.18. The zero-order valence-corrected chi connectivity index (χ0v) is 11.7. The Bertz CT molecular complexity index is 332. The van der Waals surface area contributed by atoms with Crippen molar-refractivity contribution in [2.75, 3.05) is 0 Å². The Kier molecular flexibility index (Phi) is 3.47. The maximum atomic E-state index is 8.73. The molecule has 16 heavy (non-hydrogen) atoms. The summed E-state index contributed by atoms with van der Waals surface area (Å²) in [5, 5.41) is 17.8. The number of hydrogen-bond acceptors (Lipinski definition) is 3. The molecule has 0 aromatic carbocycles. The van der Waals surface area contributed by atoms with Crippen molar-refractivity contribution in [3.05, 3.63) is 0 Å². The van der Waals surface area contributed by atoms with E-state index in [0.29, 0.717) is 17.2 Å². The third kappa shape index (κ3) is 2.45. The van der Waals surface area contributed by atoms with Gasteiger partial charge in [-0.05, 0) is 5.04 Å². The molecule has 0 saturated carbocycles. The average Bonchev–Trinajstić information content (AvgIpc) is 2.92. The summed E-state index contributed by atoms with van der Waals surface area (Å²) in [4.78, 5) is 0. The van der Waals surface area contributed by atoms with Crippen LogP contribution in [-0.4, -0.2) is 19.9 Å². The molecule has 1 saturated heterocycles. The van der Waals surface area contributed by atoms with Gasteiger partial charge >= 0.3 is 0 Å². The third-order valence-corrected chi connectivity index (χ3v) is 9.80. The topological polar surface area (TPSA) is 60.1 Å². The van der Waals surface area contributed by atoms with Crippen LogP contribution in [0.2, 0.25) is 18.1 Å². The second-order valence-corrected chi connectivity index (χ2v) is 11.6. The highest BCUT2D eigenvalue weighted by Crippen LogP contribution is 2.47. The molecule has 0 N–H and O–H groups in total. The minimum Gasteiger partial charge on any atom is -0.373 e. The van der Waals surface area contributed by atoms with E-state index in [4.69, 9.17) is 15.3 Å². The van der Waals surface area contributed by atoms with Crippen molar-refractivity contribution >= 4 is 8.07 Å². The molecule has 4 heteroatoms. The molecule has 1 rings (SSSR count). The molecule has 1 aliphatic rings. The van der Waals surface area contributed by atoms with Crippen molar-refractivity contribution in [2.24, 2.45) is 5.92 Å². The van der Waals surface area contributed by atoms with Gasteiger partial charge in [-0.15, -0.1) is 0 Å². The predicted octanol–water partition coefficient (Wildman–Crippen LogP) is 2.85. The molecule has 0 aromatic rings. The summed E-state index contributed by atoms with van der Waals surface area (Å²) in [7, 11) is -1.47. The maximum absolute atomic E-state index is 8.73. The molecule has 0 aromatic heterocycles. The maximum Gasteiger partial charge on any atom is 0.135 e. The monoisotopic (exact) mass is 236 g/mol. The van der Waals surface area contributed by atoms with E-state index in [-0.39, 0.29) is 6.10 Å². The van der Waals surface area contributed by atoms with Crippen molar-refractivity contribution < 1.29 is 4.74 Å². The van der Waals surface area contributed by atoms with Crippen molar-refractivity contribution in [1.29, 1.82) is 10.5 Å². The Hall–Kier alpha value is -0.843. The van der Waals surface area contributed by atoms with Gasteiger partial charge in [0.2, 0.25) is 0 Å². The van der Waals surface area contributed by atoms with Gasteiger partial charge in [0, 0.05) is 6.42 Å². The van der Waals surface area contributed by atoms with Gasteiger partial charge in [-0.3, -0.25) is 0 Å². The molecule has 0 bridgehead atoms. The van der Waals surface area contributed by atoms with Gasteiger partial charge in [-0.1, -0.05) is 33.9 Å². The highest BCUT2D eigenvalue weighted by Gasteiger charge is 2.55. The lowest BCUT2D eigenvalue weighted by molar-refractivity contribution is 0.375. The number of nitrogens with zero attached hydrogens (tertiary/aromatic N) is 2. The van der Waals surface area contributed by atoms with E-state index >= 15 is 0 Å². The molecule has 1 heterocycles. The second-order valence-electron chi connectivity index (χ2n) is 6.11. The van der Waals surface area contributed by atoms with E-state index in [9.17, 15) is 0 Å². The summed E-state index contributed by atoms with van der Waals surface area (Å²) in [5.41, 5.74) is 0.316. The Morgan fingerprint density at radius 1 is 1.25 bits per heavy atom. The van der Waals surface area contributed by atoms with E-state index < -0.39 is 14.0 Å². The third-order valence-electron chi connectivity index (χ3n) is 4.01. The SMILES string of the molecule is CC(C)(C)[Si](C)(C)[C@@H]1O[C@H]1CC(C#N)C#N. The fourth-order valence-electron chi connectivity index (χ4n) is 1.75. The van der Waals surface area contributed by atoms with Crippen molar-refractivity contribution in [3.8, 4) is 12.1 Å². The average molecular weight is 236 g/mol. The molecule has 0 aliphatic carbocycles.